The van der Waals surface area contributed by atoms with E-state index < -0.39 is 0 Å². The first kappa shape index (κ1) is 53.6. The SMILES string of the molecule is CCCC(CC)SSN(C)C.CCCC(CC)SSn1ccnc1.CCc1ccc(SSN(C)C)cc1CC.CCc1ccc(SSn2ccnc2)cc1CC. The maximum atomic E-state index is 4.02. The number of aromatic nitrogens is 4. The van der Waals surface area contributed by atoms with Crippen LogP contribution < -0.4 is 0 Å². The largest absolute Gasteiger partial charge is 0.271 e. The molecule has 0 saturated carbocycles. The van der Waals surface area contributed by atoms with Gasteiger partial charge in [0.15, 0.2) is 0 Å². The van der Waals surface area contributed by atoms with Crippen molar-refractivity contribution in [2.75, 3.05) is 28.2 Å². The molecule has 2 aromatic heterocycles. The van der Waals surface area contributed by atoms with Crippen LogP contribution in [-0.2, 0) is 25.7 Å². The summed E-state index contributed by atoms with van der Waals surface area (Å²) < 4.78 is 8.32. The van der Waals surface area contributed by atoms with Crippen molar-refractivity contribution < 1.29 is 0 Å². The Morgan fingerprint density at radius 3 is 1.38 bits per heavy atom. The van der Waals surface area contributed by atoms with Gasteiger partial charge in [0, 0.05) is 67.0 Å². The van der Waals surface area contributed by atoms with E-state index in [1.165, 1.54) is 70.6 Å². The summed E-state index contributed by atoms with van der Waals surface area (Å²) in [5.74, 6) is 0. The zero-order chi connectivity index (χ0) is 41.6. The fourth-order valence-corrected chi connectivity index (χ4v) is 13.2. The van der Waals surface area contributed by atoms with Crippen LogP contribution >= 0.6 is 87.1 Å². The highest BCUT2D eigenvalue weighted by Gasteiger charge is 2.08. The second-order valence-electron chi connectivity index (χ2n) is 13.0. The number of imidazole rings is 2. The van der Waals surface area contributed by atoms with E-state index in [0.717, 1.165) is 36.2 Å². The molecule has 0 aliphatic rings. The molecular weight excluding hydrogens is 845 g/mol. The molecule has 0 spiro atoms. The summed E-state index contributed by atoms with van der Waals surface area (Å²) in [5.41, 5.74) is 5.90. The molecule has 2 unspecified atom stereocenters. The van der Waals surface area contributed by atoms with Gasteiger partial charge < -0.3 is 0 Å². The molecule has 0 aliphatic heterocycles. The molecule has 0 aliphatic carbocycles. The molecular formula is C42H70N6S8. The normalized spacial score (nSPS) is 12.0. The molecule has 4 aromatic rings. The van der Waals surface area contributed by atoms with Gasteiger partial charge in [-0.25, -0.2) is 18.6 Å². The number of hydrogen-bond donors (Lipinski definition) is 0. The van der Waals surface area contributed by atoms with Crippen molar-refractivity contribution in [3.63, 3.8) is 0 Å². The topological polar surface area (TPSA) is 42.1 Å². The maximum absolute atomic E-state index is 4.02. The summed E-state index contributed by atoms with van der Waals surface area (Å²) in [7, 11) is 22.9. The number of aryl methyl sites for hydroxylation is 4. The minimum atomic E-state index is 0.775. The van der Waals surface area contributed by atoms with Gasteiger partial charge in [0.1, 0.15) is 12.7 Å². The Morgan fingerprint density at radius 1 is 0.536 bits per heavy atom. The van der Waals surface area contributed by atoms with Crippen molar-refractivity contribution in [2.24, 2.45) is 0 Å². The molecule has 0 radical (unpaired) electrons. The lowest BCUT2D eigenvalue weighted by atomic mass is 10.0. The van der Waals surface area contributed by atoms with Crippen molar-refractivity contribution in [1.29, 1.82) is 0 Å². The zero-order valence-electron chi connectivity index (χ0n) is 36.1. The van der Waals surface area contributed by atoms with Gasteiger partial charge in [-0.3, -0.25) is 7.94 Å². The molecule has 56 heavy (non-hydrogen) atoms. The molecule has 316 valence electrons. The van der Waals surface area contributed by atoms with Crippen molar-refractivity contribution in [2.45, 2.75) is 140 Å². The Hall–Kier alpha value is -0.420. The van der Waals surface area contributed by atoms with Crippen LogP contribution in [0.4, 0.5) is 0 Å². The summed E-state index contributed by atoms with van der Waals surface area (Å²) >= 11 is 0. The van der Waals surface area contributed by atoms with Crippen molar-refractivity contribution in [1.82, 2.24) is 26.5 Å². The Labute approximate surface area is 374 Å². The fourth-order valence-electron chi connectivity index (χ4n) is 4.98. The second-order valence-corrected chi connectivity index (χ2v) is 22.9. The van der Waals surface area contributed by atoms with Gasteiger partial charge >= 0.3 is 0 Å². The van der Waals surface area contributed by atoms with Gasteiger partial charge in [0.05, 0.1) is 0 Å². The van der Waals surface area contributed by atoms with E-state index in [1.807, 2.05) is 82.6 Å². The molecule has 0 bridgehead atoms. The summed E-state index contributed by atoms with van der Waals surface area (Å²) in [4.78, 5) is 10.7. The quantitative estimate of drug-likeness (QED) is 0.0557. The van der Waals surface area contributed by atoms with Crippen LogP contribution in [0.3, 0.4) is 0 Å². The molecule has 6 nitrogen and oxygen atoms in total. The molecule has 0 fully saturated rings. The summed E-state index contributed by atoms with van der Waals surface area (Å²) in [5, 5.41) is 1.62. The van der Waals surface area contributed by atoms with E-state index >= 15 is 0 Å². The average molecular weight is 916 g/mol. The first-order valence-electron chi connectivity index (χ1n) is 20.0. The number of benzene rings is 2. The number of hydrogen-bond acceptors (Lipinski definition) is 12. The van der Waals surface area contributed by atoms with Gasteiger partial charge in [-0.05, 0) is 170 Å². The van der Waals surface area contributed by atoms with E-state index in [1.54, 1.807) is 49.9 Å². The average Bonchev–Trinajstić information content (AvgIpc) is 3.95. The van der Waals surface area contributed by atoms with Crippen LogP contribution in [0.5, 0.6) is 0 Å². The summed E-state index contributed by atoms with van der Waals surface area (Å²) in [6.45, 7) is 17.9. The molecule has 14 heteroatoms. The zero-order valence-corrected chi connectivity index (χ0v) is 42.6. The molecule has 4 rings (SSSR count). The Bertz CT molecular complexity index is 1490. The monoisotopic (exact) mass is 914 g/mol. The van der Waals surface area contributed by atoms with E-state index in [9.17, 15) is 0 Å². The lowest BCUT2D eigenvalue weighted by Gasteiger charge is -2.14. The molecule has 2 aromatic carbocycles. The van der Waals surface area contributed by atoms with Crippen LogP contribution in [0.2, 0.25) is 0 Å². The van der Waals surface area contributed by atoms with Crippen LogP contribution in [0.1, 0.15) is 116 Å². The highest BCUT2D eigenvalue weighted by atomic mass is 33.1. The highest BCUT2D eigenvalue weighted by molar-refractivity contribution is 8.77. The third-order valence-electron chi connectivity index (χ3n) is 8.07. The van der Waals surface area contributed by atoms with Gasteiger partial charge in [-0.1, -0.05) is 102 Å². The molecule has 0 amide bonds. The lowest BCUT2D eigenvalue weighted by molar-refractivity contribution is 0.707. The molecule has 0 saturated heterocycles. The van der Waals surface area contributed by atoms with Crippen LogP contribution in [0.25, 0.3) is 0 Å². The predicted octanol–water partition coefficient (Wildman–Crippen LogP) is 15.3. The molecule has 2 atom stereocenters. The second kappa shape index (κ2) is 34.3. The standard InChI is InChI=1S/C13H16N2S2.C12H19NS2.C9H16N2S2.C8H19NS2/c1-3-11-5-6-13(9-12(11)4-2)16-17-15-8-7-14-10-15;1-5-10-7-8-12(9-11(10)6-2)14-15-13(3)4;1-3-5-9(4-2)12-13-11-7-6-10-8-11;1-5-7-8(6-2)10-11-9(3)4/h5-10H,3-4H2,1-2H3;7-9H,5-6H2,1-4H3;6-9H,3-5H2,1-2H3;8H,5-7H2,1-4H3. The smallest absolute Gasteiger partial charge is 0.105 e. The molecule has 2 heterocycles. The Morgan fingerprint density at radius 2 is 0.982 bits per heavy atom. The van der Waals surface area contributed by atoms with Gasteiger partial charge in [0.2, 0.25) is 0 Å². The Balaban J connectivity index is 0.000000379. The predicted molar refractivity (Wildman–Crippen MR) is 268 cm³/mol. The van der Waals surface area contributed by atoms with Gasteiger partial charge in [-0.15, -0.1) is 0 Å². The first-order valence-corrected chi connectivity index (χ1v) is 28.5. The third kappa shape index (κ3) is 24.6. The minimum absolute atomic E-state index is 0.775. The maximum Gasteiger partial charge on any atom is 0.105 e. The summed E-state index contributed by atoms with van der Waals surface area (Å²) in [6.07, 6.45) is 23.5. The molecule has 0 N–H and O–H groups in total. The third-order valence-corrected chi connectivity index (χ3v) is 18.9. The summed E-state index contributed by atoms with van der Waals surface area (Å²) in [6, 6.07) is 13.5. The van der Waals surface area contributed by atoms with Gasteiger partial charge in [0.25, 0.3) is 0 Å². The van der Waals surface area contributed by atoms with E-state index in [-0.39, 0.29) is 0 Å². The lowest BCUT2D eigenvalue weighted by Crippen LogP contribution is -2.02. The van der Waals surface area contributed by atoms with E-state index in [4.69, 9.17) is 0 Å². The Kier molecular flexibility index (Phi) is 32.8. The van der Waals surface area contributed by atoms with Gasteiger partial charge in [-0.2, -0.15) is 0 Å². The van der Waals surface area contributed by atoms with Crippen LogP contribution in [0, 0.1) is 0 Å². The van der Waals surface area contributed by atoms with Crippen LogP contribution in [-0.4, -0.2) is 65.2 Å². The van der Waals surface area contributed by atoms with E-state index in [0.29, 0.717) is 0 Å². The fraction of sp³-hybridized carbons (Fsp3) is 0.571. The van der Waals surface area contributed by atoms with Crippen LogP contribution in [0.15, 0.2) is 83.6 Å². The minimum Gasteiger partial charge on any atom is -0.271 e. The van der Waals surface area contributed by atoms with E-state index in [2.05, 4.69) is 139 Å². The van der Waals surface area contributed by atoms with Crippen molar-refractivity contribution >= 4 is 87.1 Å². The number of nitrogens with zero attached hydrogens (tertiary/aromatic N) is 6. The highest BCUT2D eigenvalue weighted by Crippen LogP contribution is 2.35. The number of rotatable bonds is 22. The van der Waals surface area contributed by atoms with Crippen molar-refractivity contribution in [3.8, 4) is 0 Å². The first-order chi connectivity index (χ1) is 27.1. The van der Waals surface area contributed by atoms with Crippen molar-refractivity contribution in [3.05, 3.63) is 96.1 Å².